The number of carbonyl (C=O) groups is 2. The minimum Gasteiger partial charge on any atom is -0.483 e. The van der Waals surface area contributed by atoms with Crippen LogP contribution >= 0.6 is 15.9 Å². The zero-order chi connectivity index (χ0) is 22.9. The van der Waals surface area contributed by atoms with Crippen LogP contribution in [0.15, 0.2) is 82.8 Å². The summed E-state index contributed by atoms with van der Waals surface area (Å²) in [6.07, 6.45) is 1.43. The van der Waals surface area contributed by atoms with Crippen LogP contribution < -0.4 is 15.4 Å². The van der Waals surface area contributed by atoms with E-state index in [0.717, 1.165) is 10.0 Å². The molecule has 160 valence electrons. The van der Waals surface area contributed by atoms with Gasteiger partial charge in [0.25, 0.3) is 11.8 Å². The third-order valence-corrected chi connectivity index (χ3v) is 4.94. The highest BCUT2D eigenvalue weighted by Crippen LogP contribution is 2.26. The predicted octanol–water partition coefficient (Wildman–Crippen LogP) is 5.32. The molecule has 0 radical (unpaired) electrons. The smallest absolute Gasteiger partial charge is 0.266 e. The van der Waals surface area contributed by atoms with Gasteiger partial charge in [0.15, 0.2) is 6.61 Å². The molecule has 0 bridgehead atoms. The summed E-state index contributed by atoms with van der Waals surface area (Å²) in [7, 11) is 0. The van der Waals surface area contributed by atoms with Gasteiger partial charge in [-0.3, -0.25) is 9.59 Å². The van der Waals surface area contributed by atoms with Crippen molar-refractivity contribution in [2.45, 2.75) is 6.92 Å². The molecule has 0 saturated heterocycles. The maximum atomic E-state index is 12.5. The summed E-state index contributed by atoms with van der Waals surface area (Å²) in [5.74, 6) is -0.491. The molecule has 0 unspecified atom stereocenters. The van der Waals surface area contributed by atoms with Gasteiger partial charge < -0.3 is 15.4 Å². The normalized spacial score (nSPS) is 10.7. The van der Waals surface area contributed by atoms with E-state index in [1.165, 1.54) is 6.08 Å². The molecule has 32 heavy (non-hydrogen) atoms. The number of nitrogens with zero attached hydrogens (tertiary/aromatic N) is 1. The van der Waals surface area contributed by atoms with E-state index in [1.807, 2.05) is 43.3 Å². The number of halogens is 1. The van der Waals surface area contributed by atoms with Crippen LogP contribution in [0.2, 0.25) is 0 Å². The summed E-state index contributed by atoms with van der Waals surface area (Å²) in [6, 6.07) is 23.4. The minimum absolute atomic E-state index is 0.0961. The van der Waals surface area contributed by atoms with Gasteiger partial charge in [-0.15, -0.1) is 0 Å². The molecule has 0 fully saturated rings. The number of anilines is 2. The van der Waals surface area contributed by atoms with E-state index < -0.39 is 5.91 Å². The Kier molecular flexibility index (Phi) is 7.79. The van der Waals surface area contributed by atoms with E-state index in [4.69, 9.17) is 4.74 Å². The molecule has 3 aromatic carbocycles. The zero-order valence-electron chi connectivity index (χ0n) is 17.3. The summed E-state index contributed by atoms with van der Waals surface area (Å²) in [5, 5.41) is 15.0. The largest absolute Gasteiger partial charge is 0.483 e. The first-order chi connectivity index (χ1) is 15.5. The second kappa shape index (κ2) is 10.9. The number of rotatable bonds is 7. The Morgan fingerprint density at radius 3 is 2.47 bits per heavy atom. The van der Waals surface area contributed by atoms with Crippen molar-refractivity contribution < 1.29 is 14.3 Å². The van der Waals surface area contributed by atoms with Gasteiger partial charge in [-0.2, -0.15) is 5.26 Å². The van der Waals surface area contributed by atoms with Crippen LogP contribution in [0, 0.1) is 18.3 Å². The molecular weight excluding hydrogens is 470 g/mol. The molecule has 2 amide bonds. The van der Waals surface area contributed by atoms with Gasteiger partial charge in [0, 0.05) is 21.4 Å². The highest BCUT2D eigenvalue weighted by Gasteiger charge is 2.13. The topological polar surface area (TPSA) is 91.2 Å². The van der Waals surface area contributed by atoms with E-state index >= 15 is 0 Å². The van der Waals surface area contributed by atoms with Crippen molar-refractivity contribution in [3.63, 3.8) is 0 Å². The predicted molar refractivity (Wildman–Crippen MR) is 128 cm³/mol. The van der Waals surface area contributed by atoms with Crippen molar-refractivity contribution in [1.29, 1.82) is 5.26 Å². The second-order valence-electron chi connectivity index (χ2n) is 6.82. The number of carbonyl (C=O) groups excluding carboxylic acids is 2. The fourth-order valence-corrected chi connectivity index (χ4v) is 3.21. The SMILES string of the molecule is Cc1ccccc1NC(=O)COc1ccc(Br)cc1/C=C(\C#N)C(=O)Nc1ccccc1. The Morgan fingerprint density at radius 1 is 1.03 bits per heavy atom. The van der Waals surface area contributed by atoms with E-state index in [0.29, 0.717) is 22.7 Å². The standard InChI is InChI=1S/C25H20BrN3O3/c1-17-7-5-6-10-22(17)29-24(30)16-32-23-12-11-20(26)14-18(23)13-19(15-27)25(31)28-21-8-3-2-4-9-21/h2-14H,16H2,1H3,(H,28,31)(H,29,30)/b19-13+. The molecule has 0 heterocycles. The molecule has 0 aliphatic heterocycles. The average molecular weight is 490 g/mol. The number of benzene rings is 3. The molecule has 0 spiro atoms. The summed E-state index contributed by atoms with van der Waals surface area (Å²) < 4.78 is 6.43. The van der Waals surface area contributed by atoms with Gasteiger partial charge in [0.2, 0.25) is 0 Å². The number of nitriles is 1. The Labute approximate surface area is 194 Å². The monoisotopic (exact) mass is 489 g/mol. The molecule has 2 N–H and O–H groups in total. The number of amides is 2. The third-order valence-electron chi connectivity index (χ3n) is 4.45. The molecular formula is C25H20BrN3O3. The van der Waals surface area contributed by atoms with Gasteiger partial charge in [-0.25, -0.2) is 0 Å². The zero-order valence-corrected chi connectivity index (χ0v) is 18.8. The van der Waals surface area contributed by atoms with Crippen molar-refractivity contribution in [3.8, 4) is 11.8 Å². The molecule has 0 aliphatic carbocycles. The van der Waals surface area contributed by atoms with Gasteiger partial charge in [-0.1, -0.05) is 52.3 Å². The van der Waals surface area contributed by atoms with Crippen LogP contribution in [0.4, 0.5) is 11.4 Å². The van der Waals surface area contributed by atoms with E-state index in [9.17, 15) is 14.9 Å². The van der Waals surface area contributed by atoms with Crippen molar-refractivity contribution >= 4 is 45.2 Å². The molecule has 0 aliphatic rings. The Balaban J connectivity index is 1.75. The first-order valence-electron chi connectivity index (χ1n) is 9.72. The fraction of sp³-hybridized carbons (Fsp3) is 0.0800. The highest BCUT2D eigenvalue weighted by atomic mass is 79.9. The first kappa shape index (κ1) is 22.8. The van der Waals surface area contributed by atoms with E-state index in [2.05, 4.69) is 26.6 Å². The highest BCUT2D eigenvalue weighted by molar-refractivity contribution is 9.10. The van der Waals surface area contributed by atoms with Gasteiger partial charge >= 0.3 is 0 Å². The molecule has 7 heteroatoms. The quantitative estimate of drug-likeness (QED) is 0.347. The average Bonchev–Trinajstić information content (AvgIpc) is 2.79. The fourth-order valence-electron chi connectivity index (χ4n) is 2.83. The maximum absolute atomic E-state index is 12.5. The summed E-state index contributed by atoms with van der Waals surface area (Å²) in [6.45, 7) is 1.67. The lowest BCUT2D eigenvalue weighted by molar-refractivity contribution is -0.118. The van der Waals surface area contributed by atoms with Crippen molar-refractivity contribution in [3.05, 3.63) is 94.0 Å². The first-order valence-corrected chi connectivity index (χ1v) is 10.5. The molecule has 0 saturated carbocycles. The van der Waals surface area contributed by atoms with E-state index in [-0.39, 0.29) is 18.1 Å². The minimum atomic E-state index is -0.540. The summed E-state index contributed by atoms with van der Waals surface area (Å²) >= 11 is 3.38. The van der Waals surface area contributed by atoms with Gasteiger partial charge in [-0.05, 0) is 55.0 Å². The number of ether oxygens (including phenoxy) is 1. The van der Waals surface area contributed by atoms with Gasteiger partial charge in [0.1, 0.15) is 17.4 Å². The molecule has 3 aromatic rings. The number of hydrogen-bond acceptors (Lipinski definition) is 4. The van der Waals surface area contributed by atoms with E-state index in [1.54, 1.807) is 42.5 Å². The lowest BCUT2D eigenvalue weighted by Gasteiger charge is -2.12. The van der Waals surface area contributed by atoms with Crippen LogP contribution in [0.3, 0.4) is 0 Å². The van der Waals surface area contributed by atoms with Crippen LogP contribution in [-0.2, 0) is 9.59 Å². The second-order valence-corrected chi connectivity index (χ2v) is 7.74. The Morgan fingerprint density at radius 2 is 1.75 bits per heavy atom. The van der Waals surface area contributed by atoms with Crippen molar-refractivity contribution in [1.82, 2.24) is 0 Å². The molecule has 0 atom stereocenters. The number of nitrogens with one attached hydrogen (secondary N) is 2. The number of para-hydroxylation sites is 2. The molecule has 3 rings (SSSR count). The van der Waals surface area contributed by atoms with Crippen LogP contribution in [0.5, 0.6) is 5.75 Å². The summed E-state index contributed by atoms with van der Waals surface area (Å²) in [4.78, 5) is 24.9. The van der Waals surface area contributed by atoms with Crippen LogP contribution in [-0.4, -0.2) is 18.4 Å². The van der Waals surface area contributed by atoms with Crippen molar-refractivity contribution in [2.24, 2.45) is 0 Å². The maximum Gasteiger partial charge on any atom is 0.266 e. The summed E-state index contributed by atoms with van der Waals surface area (Å²) in [5.41, 5.74) is 2.62. The number of aryl methyl sites for hydroxylation is 1. The lowest BCUT2D eigenvalue weighted by atomic mass is 10.1. The lowest BCUT2D eigenvalue weighted by Crippen LogP contribution is -2.21. The van der Waals surface area contributed by atoms with Crippen molar-refractivity contribution in [2.75, 3.05) is 17.2 Å². The third kappa shape index (κ3) is 6.30. The number of hydrogen-bond donors (Lipinski definition) is 2. The molecule has 6 nitrogen and oxygen atoms in total. The van der Waals surface area contributed by atoms with Crippen LogP contribution in [0.25, 0.3) is 6.08 Å². The Bertz CT molecular complexity index is 1200. The Hall–Kier alpha value is -3.89. The molecule has 0 aromatic heterocycles. The van der Waals surface area contributed by atoms with Crippen LogP contribution in [0.1, 0.15) is 11.1 Å². The van der Waals surface area contributed by atoms with Gasteiger partial charge in [0.05, 0.1) is 0 Å².